The molecule has 0 radical (unpaired) electrons. The van der Waals surface area contributed by atoms with E-state index < -0.39 is 17.4 Å². The molecule has 8 nitrogen and oxygen atoms in total. The van der Waals surface area contributed by atoms with Crippen molar-refractivity contribution in [3.8, 4) is 17.2 Å². The van der Waals surface area contributed by atoms with Crippen LogP contribution in [0.4, 0.5) is 0 Å². The molecule has 0 saturated carbocycles. The zero-order chi connectivity index (χ0) is 15.3. The van der Waals surface area contributed by atoms with Gasteiger partial charge in [-0.1, -0.05) is 0 Å². The first-order valence-corrected chi connectivity index (χ1v) is 5.65. The molecule has 0 aromatic heterocycles. The third-order valence-electron chi connectivity index (χ3n) is 2.60. The van der Waals surface area contributed by atoms with Crippen molar-refractivity contribution in [2.24, 2.45) is 0 Å². The first-order valence-electron chi connectivity index (χ1n) is 5.65. The van der Waals surface area contributed by atoms with Crippen LogP contribution < -0.4 is 14.2 Å². The number of carbonyl (C=O) groups is 1. The Morgan fingerprint density at radius 2 is 2.00 bits per heavy atom. The average molecular weight is 285 g/mol. The standard InChI is InChI=1S/C12H15NO7/c1-7-10(20-5-4-13(16)17)8(12(14)15)6-9(18-2)11(7)19-3/h6H,4-5H2,1-3H3,(H,14,15). The van der Waals surface area contributed by atoms with E-state index in [0.717, 1.165) is 0 Å². The Balaban J connectivity index is 3.24. The van der Waals surface area contributed by atoms with Gasteiger partial charge in [0.05, 0.1) is 14.2 Å². The minimum Gasteiger partial charge on any atom is -0.493 e. The molecule has 0 amide bonds. The summed E-state index contributed by atoms with van der Waals surface area (Å²) in [5.74, 6) is -0.597. The third-order valence-corrected chi connectivity index (χ3v) is 2.60. The van der Waals surface area contributed by atoms with E-state index in [-0.39, 0.29) is 23.7 Å². The molecule has 1 N–H and O–H groups in total. The van der Waals surface area contributed by atoms with Gasteiger partial charge in [0, 0.05) is 16.6 Å². The molecule has 0 aliphatic heterocycles. The molecule has 0 unspecified atom stereocenters. The second kappa shape index (κ2) is 6.60. The number of nitro groups is 1. The van der Waals surface area contributed by atoms with Gasteiger partial charge < -0.3 is 19.3 Å². The lowest BCUT2D eigenvalue weighted by molar-refractivity contribution is -0.481. The maximum Gasteiger partial charge on any atom is 0.339 e. The summed E-state index contributed by atoms with van der Waals surface area (Å²) in [6, 6.07) is 1.26. The van der Waals surface area contributed by atoms with Gasteiger partial charge in [0.1, 0.15) is 11.3 Å². The highest BCUT2D eigenvalue weighted by Gasteiger charge is 2.22. The van der Waals surface area contributed by atoms with E-state index in [4.69, 9.17) is 14.2 Å². The van der Waals surface area contributed by atoms with Gasteiger partial charge in [-0.05, 0) is 6.92 Å². The molecule has 0 spiro atoms. The van der Waals surface area contributed by atoms with E-state index in [1.54, 1.807) is 6.92 Å². The second-order valence-corrected chi connectivity index (χ2v) is 3.82. The fourth-order valence-corrected chi connectivity index (χ4v) is 1.72. The highest BCUT2D eigenvalue weighted by Crippen LogP contribution is 2.39. The van der Waals surface area contributed by atoms with Crippen molar-refractivity contribution in [3.05, 3.63) is 27.3 Å². The van der Waals surface area contributed by atoms with Crippen LogP contribution in [0.15, 0.2) is 6.07 Å². The molecule has 0 aliphatic carbocycles. The molecule has 0 saturated heterocycles. The molecule has 0 fully saturated rings. The van der Waals surface area contributed by atoms with Crippen LogP contribution in [0.2, 0.25) is 0 Å². The Bertz CT molecular complexity index is 527. The van der Waals surface area contributed by atoms with Crippen LogP contribution in [0.3, 0.4) is 0 Å². The summed E-state index contributed by atoms with van der Waals surface area (Å²) in [5.41, 5.74) is 0.274. The fourth-order valence-electron chi connectivity index (χ4n) is 1.72. The Morgan fingerprint density at radius 3 is 2.45 bits per heavy atom. The predicted molar refractivity (Wildman–Crippen MR) is 68.6 cm³/mol. The van der Waals surface area contributed by atoms with Gasteiger partial charge in [0.15, 0.2) is 18.1 Å². The van der Waals surface area contributed by atoms with Crippen LogP contribution in [0.5, 0.6) is 17.2 Å². The van der Waals surface area contributed by atoms with Crippen molar-refractivity contribution in [3.63, 3.8) is 0 Å². The minimum absolute atomic E-state index is 0.0389. The Labute approximate surface area is 115 Å². The van der Waals surface area contributed by atoms with Gasteiger partial charge in [0.25, 0.3) is 0 Å². The zero-order valence-electron chi connectivity index (χ0n) is 11.3. The Kier molecular flexibility index (Phi) is 5.13. The number of benzene rings is 1. The lowest BCUT2D eigenvalue weighted by atomic mass is 10.1. The summed E-state index contributed by atoms with van der Waals surface area (Å²) in [7, 11) is 2.79. The first-order chi connectivity index (χ1) is 9.42. The number of hydrogen-bond donors (Lipinski definition) is 1. The molecule has 8 heteroatoms. The highest BCUT2D eigenvalue weighted by molar-refractivity contribution is 5.93. The molecule has 0 atom stereocenters. The summed E-state index contributed by atoms with van der Waals surface area (Å²) >= 11 is 0. The van der Waals surface area contributed by atoms with Crippen LogP contribution in [0.1, 0.15) is 15.9 Å². The van der Waals surface area contributed by atoms with E-state index in [2.05, 4.69) is 0 Å². The van der Waals surface area contributed by atoms with E-state index >= 15 is 0 Å². The quantitative estimate of drug-likeness (QED) is 0.595. The SMILES string of the molecule is COc1cc(C(=O)O)c(OCC[N+](=O)[O-])c(C)c1OC. The topological polar surface area (TPSA) is 108 Å². The first kappa shape index (κ1) is 15.5. The van der Waals surface area contributed by atoms with Gasteiger partial charge in [-0.3, -0.25) is 10.1 Å². The summed E-state index contributed by atoms with van der Waals surface area (Å²) in [4.78, 5) is 21.0. The second-order valence-electron chi connectivity index (χ2n) is 3.82. The van der Waals surface area contributed by atoms with E-state index in [1.165, 1.54) is 20.3 Å². The fraction of sp³-hybridized carbons (Fsp3) is 0.417. The smallest absolute Gasteiger partial charge is 0.339 e. The molecule has 1 aromatic rings. The summed E-state index contributed by atoms with van der Waals surface area (Å²) in [5, 5.41) is 19.5. The molecule has 20 heavy (non-hydrogen) atoms. The average Bonchev–Trinajstić information content (AvgIpc) is 2.39. The molecule has 110 valence electrons. The highest BCUT2D eigenvalue weighted by atomic mass is 16.6. The molecule has 0 heterocycles. The van der Waals surface area contributed by atoms with Crippen LogP contribution in [0.25, 0.3) is 0 Å². The van der Waals surface area contributed by atoms with Crippen molar-refractivity contribution < 1.29 is 29.0 Å². The minimum atomic E-state index is -1.22. The third kappa shape index (κ3) is 3.28. The number of carboxylic acid groups (broad SMARTS) is 1. The molecule has 0 bridgehead atoms. The van der Waals surface area contributed by atoms with Crippen molar-refractivity contribution in [1.29, 1.82) is 0 Å². The number of aromatic carboxylic acids is 1. The van der Waals surface area contributed by atoms with Crippen molar-refractivity contribution >= 4 is 5.97 Å². The zero-order valence-corrected chi connectivity index (χ0v) is 11.3. The van der Waals surface area contributed by atoms with E-state index in [9.17, 15) is 20.0 Å². The summed E-state index contributed by atoms with van der Waals surface area (Å²) in [6.45, 7) is 0.936. The van der Waals surface area contributed by atoms with Crippen LogP contribution >= 0.6 is 0 Å². The summed E-state index contributed by atoms with van der Waals surface area (Å²) in [6.07, 6.45) is 0. The van der Waals surface area contributed by atoms with Crippen molar-refractivity contribution in [2.75, 3.05) is 27.4 Å². The maximum atomic E-state index is 11.2. The van der Waals surface area contributed by atoms with E-state index in [1.807, 2.05) is 0 Å². The number of nitrogens with zero attached hydrogens (tertiary/aromatic N) is 1. The van der Waals surface area contributed by atoms with Gasteiger partial charge in [-0.25, -0.2) is 4.79 Å². The monoisotopic (exact) mass is 285 g/mol. The van der Waals surface area contributed by atoms with Crippen molar-refractivity contribution in [2.45, 2.75) is 6.92 Å². The Hall–Kier alpha value is -2.51. The van der Waals surface area contributed by atoms with Gasteiger partial charge in [-0.2, -0.15) is 0 Å². The number of carboxylic acids is 1. The predicted octanol–water partition coefficient (Wildman–Crippen LogP) is 1.37. The molecule has 1 aromatic carbocycles. The molecular formula is C12H15NO7. The number of methoxy groups -OCH3 is 2. The van der Waals surface area contributed by atoms with Gasteiger partial charge in [-0.15, -0.1) is 0 Å². The lowest BCUT2D eigenvalue weighted by Gasteiger charge is -2.16. The van der Waals surface area contributed by atoms with Gasteiger partial charge in [0.2, 0.25) is 6.54 Å². The van der Waals surface area contributed by atoms with Crippen LogP contribution in [-0.4, -0.2) is 43.4 Å². The van der Waals surface area contributed by atoms with E-state index in [0.29, 0.717) is 11.3 Å². The lowest BCUT2D eigenvalue weighted by Crippen LogP contribution is -2.14. The molecule has 1 rings (SSSR count). The van der Waals surface area contributed by atoms with Crippen molar-refractivity contribution in [1.82, 2.24) is 0 Å². The molecular weight excluding hydrogens is 270 g/mol. The Morgan fingerprint density at radius 1 is 1.35 bits per heavy atom. The van der Waals surface area contributed by atoms with Gasteiger partial charge >= 0.3 is 5.97 Å². The normalized spacial score (nSPS) is 9.95. The summed E-state index contributed by atoms with van der Waals surface area (Å²) < 4.78 is 15.4. The maximum absolute atomic E-state index is 11.2. The van der Waals surface area contributed by atoms with Crippen LogP contribution in [0, 0.1) is 17.0 Å². The van der Waals surface area contributed by atoms with Crippen LogP contribution in [-0.2, 0) is 0 Å². The number of rotatable bonds is 7. The largest absolute Gasteiger partial charge is 0.493 e. The number of hydrogen-bond acceptors (Lipinski definition) is 6. The number of ether oxygens (including phenoxy) is 3. The molecule has 0 aliphatic rings.